The van der Waals surface area contributed by atoms with Gasteiger partial charge in [0.25, 0.3) is 0 Å². The van der Waals surface area contributed by atoms with Gasteiger partial charge in [0.15, 0.2) is 0 Å². The number of aliphatic carboxylic acids is 1. The standard InChI is InChI=1S/C22H25N3O3.C21H23N3O3/c1-5-17-13-24-20(25-17)16-8-11-19(23-12-16)15-6-9-18(10-7-15)28-14-22(2,3)21(26)27-4;1-4-16-12-23-19(24-16)15-7-10-18(22-11-15)14-5-8-17(9-6-14)27-13-21(2,3)20(25)26/h6-13H,5,14H2,1-4H3,(H,24,25);5-12H,4,13H2,1-3H3,(H,23,24)(H,25,26). The third kappa shape index (κ3) is 10.4. The molecule has 2 aromatic carbocycles. The maximum atomic E-state index is 11.7. The van der Waals surface area contributed by atoms with Gasteiger partial charge in [0.05, 0.1) is 29.3 Å². The molecule has 55 heavy (non-hydrogen) atoms. The predicted molar refractivity (Wildman–Crippen MR) is 211 cm³/mol. The Morgan fingerprint density at radius 3 is 1.31 bits per heavy atom. The molecule has 0 radical (unpaired) electrons. The van der Waals surface area contributed by atoms with E-state index in [1.54, 1.807) is 33.9 Å². The van der Waals surface area contributed by atoms with Crippen LogP contribution in [-0.2, 0) is 27.2 Å². The van der Waals surface area contributed by atoms with Crippen LogP contribution < -0.4 is 9.47 Å². The van der Waals surface area contributed by atoms with E-state index in [9.17, 15) is 9.59 Å². The molecule has 12 heteroatoms. The van der Waals surface area contributed by atoms with Crippen LogP contribution in [-0.4, -0.2) is 67.3 Å². The summed E-state index contributed by atoms with van der Waals surface area (Å²) in [5, 5.41) is 9.14. The summed E-state index contributed by atoms with van der Waals surface area (Å²) in [6.45, 7) is 11.4. The van der Waals surface area contributed by atoms with Crippen molar-refractivity contribution in [3.63, 3.8) is 0 Å². The summed E-state index contributed by atoms with van der Waals surface area (Å²) in [5.41, 5.74) is 6.11. The highest BCUT2D eigenvalue weighted by Gasteiger charge is 2.30. The van der Waals surface area contributed by atoms with Gasteiger partial charge >= 0.3 is 11.9 Å². The van der Waals surface area contributed by atoms with Crippen molar-refractivity contribution in [2.24, 2.45) is 10.8 Å². The first-order chi connectivity index (χ1) is 26.3. The Bertz CT molecular complexity index is 2150. The van der Waals surface area contributed by atoms with Crippen LogP contribution in [0.15, 0.2) is 97.6 Å². The van der Waals surface area contributed by atoms with Gasteiger partial charge in [-0.15, -0.1) is 0 Å². The van der Waals surface area contributed by atoms with Crippen LogP contribution in [0.2, 0.25) is 0 Å². The second kappa shape index (κ2) is 17.7. The number of nitrogens with zero attached hydrogens (tertiary/aromatic N) is 4. The lowest BCUT2D eigenvalue weighted by Gasteiger charge is -2.21. The van der Waals surface area contributed by atoms with Crippen LogP contribution >= 0.6 is 0 Å². The molecule has 0 fully saturated rings. The fraction of sp³-hybridized carbons (Fsp3) is 0.302. The number of hydrogen-bond acceptors (Lipinski definition) is 9. The van der Waals surface area contributed by atoms with E-state index < -0.39 is 16.8 Å². The molecular formula is C43H48N6O6. The number of carboxylic acids is 1. The van der Waals surface area contributed by atoms with Gasteiger partial charge in [-0.1, -0.05) is 13.8 Å². The zero-order chi connectivity index (χ0) is 39.6. The average molecular weight is 745 g/mol. The number of ether oxygens (including phenoxy) is 3. The van der Waals surface area contributed by atoms with Crippen LogP contribution in [0, 0.1) is 10.8 Å². The predicted octanol–water partition coefficient (Wildman–Crippen LogP) is 8.47. The molecule has 0 atom stereocenters. The number of rotatable bonds is 14. The molecule has 0 bridgehead atoms. The van der Waals surface area contributed by atoms with E-state index in [0.29, 0.717) is 11.5 Å². The maximum absolute atomic E-state index is 11.7. The molecular weight excluding hydrogens is 697 g/mol. The zero-order valence-electron chi connectivity index (χ0n) is 32.3. The first kappa shape index (κ1) is 39.9. The van der Waals surface area contributed by atoms with Crippen molar-refractivity contribution in [1.29, 1.82) is 0 Å². The number of H-pyrrole nitrogens is 2. The molecule has 0 saturated carbocycles. The second-order valence-electron chi connectivity index (χ2n) is 14.3. The van der Waals surface area contributed by atoms with Crippen molar-refractivity contribution in [3.8, 4) is 56.8 Å². The molecule has 4 aromatic heterocycles. The summed E-state index contributed by atoms with van der Waals surface area (Å²) in [6, 6.07) is 23.0. The number of pyridine rings is 2. The van der Waals surface area contributed by atoms with E-state index in [1.807, 2.05) is 91.4 Å². The van der Waals surface area contributed by atoms with E-state index in [1.165, 1.54) is 7.11 Å². The van der Waals surface area contributed by atoms with Gasteiger partial charge < -0.3 is 29.3 Å². The number of carbonyl (C=O) groups excluding carboxylic acids is 1. The topological polar surface area (TPSA) is 165 Å². The van der Waals surface area contributed by atoms with Gasteiger partial charge in [-0.05, 0) is 113 Å². The Kier molecular flexibility index (Phi) is 12.8. The summed E-state index contributed by atoms with van der Waals surface area (Å²) >= 11 is 0. The summed E-state index contributed by atoms with van der Waals surface area (Å²) in [4.78, 5) is 47.2. The highest BCUT2D eigenvalue weighted by molar-refractivity contribution is 5.76. The normalized spacial score (nSPS) is 11.3. The molecule has 4 heterocycles. The molecule has 0 aliphatic carbocycles. The number of hydrogen-bond donors (Lipinski definition) is 3. The van der Waals surface area contributed by atoms with E-state index in [0.717, 1.165) is 69.5 Å². The Balaban J connectivity index is 0.000000211. The lowest BCUT2D eigenvalue weighted by atomic mass is 9.95. The number of imidazole rings is 2. The number of benzene rings is 2. The van der Waals surface area contributed by atoms with Gasteiger partial charge in [-0.25, -0.2) is 9.97 Å². The Morgan fingerprint density at radius 2 is 0.982 bits per heavy atom. The number of carbonyl (C=O) groups is 2. The number of aromatic amines is 2. The van der Waals surface area contributed by atoms with Crippen LogP contribution in [0.3, 0.4) is 0 Å². The SMILES string of the molecule is CCc1cnc(-c2ccc(-c3ccc(OCC(C)(C)C(=O)O)cc3)nc2)[nH]1.CCc1cnc(-c2ccc(-c3ccc(OCC(C)(C)C(=O)OC)cc3)nc2)[nH]1. The van der Waals surface area contributed by atoms with E-state index in [-0.39, 0.29) is 19.2 Å². The third-order valence-corrected chi connectivity index (χ3v) is 8.91. The zero-order valence-corrected chi connectivity index (χ0v) is 32.3. The first-order valence-corrected chi connectivity index (χ1v) is 18.1. The number of methoxy groups -OCH3 is 1. The fourth-order valence-corrected chi connectivity index (χ4v) is 5.15. The van der Waals surface area contributed by atoms with Crippen LogP contribution in [0.4, 0.5) is 0 Å². The van der Waals surface area contributed by atoms with Gasteiger partial charge in [0.1, 0.15) is 36.4 Å². The molecule has 0 aliphatic rings. The smallest absolute Gasteiger partial charge is 0.314 e. The van der Waals surface area contributed by atoms with Crippen LogP contribution in [0.1, 0.15) is 52.9 Å². The number of aromatic nitrogens is 6. The largest absolute Gasteiger partial charge is 0.492 e. The van der Waals surface area contributed by atoms with Gasteiger partial charge in [-0.2, -0.15) is 0 Å². The molecule has 0 spiro atoms. The molecule has 12 nitrogen and oxygen atoms in total. The quantitative estimate of drug-likeness (QED) is 0.0922. The van der Waals surface area contributed by atoms with Gasteiger partial charge in [0, 0.05) is 58.4 Å². The Morgan fingerprint density at radius 1 is 0.582 bits per heavy atom. The fourth-order valence-electron chi connectivity index (χ4n) is 5.15. The molecule has 0 unspecified atom stereocenters. The molecule has 0 aliphatic heterocycles. The van der Waals surface area contributed by atoms with Crippen molar-refractivity contribution in [3.05, 3.63) is 109 Å². The maximum Gasteiger partial charge on any atom is 0.314 e. The average Bonchev–Trinajstić information content (AvgIpc) is 3.91. The Hall–Kier alpha value is -6.30. The van der Waals surface area contributed by atoms with Crippen molar-refractivity contribution in [2.75, 3.05) is 20.3 Å². The molecule has 3 N–H and O–H groups in total. The van der Waals surface area contributed by atoms with E-state index in [2.05, 4.69) is 43.8 Å². The lowest BCUT2D eigenvalue weighted by molar-refractivity contribution is -0.152. The number of nitrogens with one attached hydrogen (secondary N) is 2. The molecule has 286 valence electrons. The van der Waals surface area contributed by atoms with Gasteiger partial charge in [0.2, 0.25) is 0 Å². The molecule has 0 saturated heterocycles. The third-order valence-electron chi connectivity index (χ3n) is 8.91. The number of aryl methyl sites for hydroxylation is 2. The summed E-state index contributed by atoms with van der Waals surface area (Å²) in [7, 11) is 1.38. The van der Waals surface area contributed by atoms with E-state index >= 15 is 0 Å². The molecule has 6 aromatic rings. The number of carboxylic acid groups (broad SMARTS) is 1. The molecule has 0 amide bonds. The second-order valence-corrected chi connectivity index (χ2v) is 14.3. The van der Waals surface area contributed by atoms with Crippen molar-refractivity contribution < 1.29 is 28.9 Å². The van der Waals surface area contributed by atoms with Crippen LogP contribution in [0.25, 0.3) is 45.3 Å². The van der Waals surface area contributed by atoms with Crippen molar-refractivity contribution in [1.82, 2.24) is 29.9 Å². The highest BCUT2D eigenvalue weighted by Crippen LogP contribution is 2.27. The summed E-state index contributed by atoms with van der Waals surface area (Å²) in [5.74, 6) is 1.79. The minimum atomic E-state index is -0.931. The van der Waals surface area contributed by atoms with Crippen molar-refractivity contribution >= 4 is 11.9 Å². The molecule has 6 rings (SSSR count). The lowest BCUT2D eigenvalue weighted by Crippen LogP contribution is -2.32. The first-order valence-electron chi connectivity index (χ1n) is 18.1. The number of esters is 1. The monoisotopic (exact) mass is 744 g/mol. The van der Waals surface area contributed by atoms with Crippen molar-refractivity contribution in [2.45, 2.75) is 54.4 Å². The summed E-state index contributed by atoms with van der Waals surface area (Å²) < 4.78 is 16.1. The van der Waals surface area contributed by atoms with Crippen LogP contribution in [0.5, 0.6) is 11.5 Å². The summed E-state index contributed by atoms with van der Waals surface area (Å²) in [6.07, 6.45) is 9.14. The van der Waals surface area contributed by atoms with E-state index in [4.69, 9.17) is 19.3 Å². The van der Waals surface area contributed by atoms with Gasteiger partial charge in [-0.3, -0.25) is 19.6 Å². The minimum Gasteiger partial charge on any atom is -0.492 e. The Labute approximate surface area is 321 Å². The minimum absolute atomic E-state index is 0.109. The highest BCUT2D eigenvalue weighted by atomic mass is 16.5.